The number of rotatable bonds is 8. The van der Waals surface area contributed by atoms with Crippen LogP contribution in [0.5, 0.6) is 0 Å². The van der Waals surface area contributed by atoms with Crippen molar-refractivity contribution in [3.05, 3.63) is 32.8 Å². The monoisotopic (exact) mass is 947 g/mol. The van der Waals surface area contributed by atoms with Gasteiger partial charge in [0, 0.05) is 17.4 Å². The van der Waals surface area contributed by atoms with Gasteiger partial charge in [-0.1, -0.05) is 54.0 Å². The van der Waals surface area contributed by atoms with Gasteiger partial charge in [0.15, 0.2) is 35.3 Å². The van der Waals surface area contributed by atoms with Gasteiger partial charge in [-0.15, -0.1) is 0 Å². The minimum absolute atomic E-state index is 0.0490. The Morgan fingerprint density at radius 1 is 0.758 bits per heavy atom. The summed E-state index contributed by atoms with van der Waals surface area (Å²) < 4.78 is 23.6. The Bertz CT molecular complexity index is 2270. The molecule has 7 aliphatic rings. The maximum atomic E-state index is 15.1. The topological polar surface area (TPSA) is 307 Å². The number of fused-ring (bicyclic) bond motifs is 7. The number of anilines is 1. The first-order chi connectivity index (χ1) is 30.6. The van der Waals surface area contributed by atoms with E-state index in [1.807, 2.05) is 26.8 Å². The number of aromatic nitrogens is 2. The molecule has 6 fully saturated rings. The molecule has 1 aromatic rings. The highest BCUT2D eigenvalue weighted by Gasteiger charge is 2.71. The van der Waals surface area contributed by atoms with Crippen molar-refractivity contribution in [2.75, 3.05) is 5.32 Å². The number of nitrogens with one attached hydrogen (secondary N) is 3. The van der Waals surface area contributed by atoms with Crippen LogP contribution in [-0.4, -0.2) is 137 Å². The van der Waals surface area contributed by atoms with E-state index in [0.29, 0.717) is 38.5 Å². The molecule has 2 saturated heterocycles. The van der Waals surface area contributed by atoms with Crippen molar-refractivity contribution in [1.82, 2.24) is 9.97 Å². The Balaban J connectivity index is 1.06. The molecule has 0 radical (unpaired) electrons. The van der Waals surface area contributed by atoms with Gasteiger partial charge in [0.2, 0.25) is 5.91 Å². The number of aliphatic hydroxyl groups excluding tert-OH is 5. The van der Waals surface area contributed by atoms with Crippen molar-refractivity contribution in [2.45, 2.75) is 174 Å². The van der Waals surface area contributed by atoms with Crippen LogP contribution in [0.25, 0.3) is 0 Å². The van der Waals surface area contributed by atoms with Crippen molar-refractivity contribution in [3.8, 4) is 0 Å². The number of amides is 1. The third-order valence-corrected chi connectivity index (χ3v) is 18.5. The second-order valence-corrected chi connectivity index (χ2v) is 22.7. The Morgan fingerprint density at radius 3 is 2.02 bits per heavy atom. The molecule has 20 heteroatoms. The van der Waals surface area contributed by atoms with E-state index in [9.17, 15) is 54.9 Å². The molecule has 66 heavy (non-hydrogen) atoms. The molecule has 0 aromatic carbocycles. The summed E-state index contributed by atoms with van der Waals surface area (Å²) in [5.41, 5.74) is -2.37. The minimum atomic E-state index is -2.06. The fourth-order valence-corrected chi connectivity index (χ4v) is 14.4. The van der Waals surface area contributed by atoms with Gasteiger partial charge < -0.3 is 65.0 Å². The molecule has 0 bridgehead atoms. The van der Waals surface area contributed by atoms with Crippen molar-refractivity contribution in [1.29, 1.82) is 0 Å². The summed E-state index contributed by atoms with van der Waals surface area (Å²) in [6.07, 6.45) is -12.5. The number of H-pyrrole nitrogens is 2. The summed E-state index contributed by atoms with van der Waals surface area (Å²) in [6, 6.07) is 1.26. The normalized spacial score (nSPS) is 47.5. The van der Waals surface area contributed by atoms with E-state index in [-0.39, 0.29) is 50.9 Å². The number of aliphatic carboxylic acids is 2. The molecular formula is C46H65N3O16S. The zero-order valence-corrected chi connectivity index (χ0v) is 39.1. The number of aromatic amines is 2. The number of hydrogen-bond donors (Lipinski definition) is 10. The Hall–Kier alpha value is -3.44. The number of carbonyl (C=O) groups excluding carboxylic acids is 2. The lowest BCUT2D eigenvalue weighted by Gasteiger charge is -2.70. The predicted octanol–water partition coefficient (Wildman–Crippen LogP) is 2.55. The predicted molar refractivity (Wildman–Crippen MR) is 233 cm³/mol. The summed E-state index contributed by atoms with van der Waals surface area (Å²) in [7, 11) is 0. The van der Waals surface area contributed by atoms with Crippen LogP contribution in [0, 0.1) is 55.0 Å². The van der Waals surface area contributed by atoms with Crippen molar-refractivity contribution >= 4 is 41.7 Å². The number of carboxylic acid groups (broad SMARTS) is 2. The first-order valence-corrected chi connectivity index (χ1v) is 23.4. The summed E-state index contributed by atoms with van der Waals surface area (Å²) in [5.74, 6) is -3.80. The van der Waals surface area contributed by atoms with Gasteiger partial charge in [-0.3, -0.25) is 19.4 Å². The number of ketones is 1. The van der Waals surface area contributed by atoms with E-state index < -0.39 is 107 Å². The number of carboxylic acids is 2. The maximum absolute atomic E-state index is 15.1. The molecule has 19 nitrogen and oxygen atoms in total. The van der Waals surface area contributed by atoms with Crippen LogP contribution in [0.1, 0.15) is 106 Å². The highest BCUT2D eigenvalue weighted by molar-refractivity contribution is 7.71. The van der Waals surface area contributed by atoms with Gasteiger partial charge in [0.05, 0.1) is 6.10 Å². The fourth-order valence-electron chi connectivity index (χ4n) is 14.2. The van der Waals surface area contributed by atoms with E-state index >= 15 is 4.79 Å². The third-order valence-electron chi connectivity index (χ3n) is 18.3. The van der Waals surface area contributed by atoms with Crippen molar-refractivity contribution in [3.63, 3.8) is 0 Å². The van der Waals surface area contributed by atoms with Gasteiger partial charge >= 0.3 is 11.9 Å². The second kappa shape index (κ2) is 16.6. The van der Waals surface area contributed by atoms with Crippen LogP contribution in [0.2, 0.25) is 0 Å². The van der Waals surface area contributed by atoms with E-state index in [1.165, 1.54) is 6.07 Å². The molecule has 366 valence electrons. The number of carbonyl (C=O) groups is 4. The van der Waals surface area contributed by atoms with Crippen LogP contribution < -0.4 is 10.9 Å². The number of ether oxygens (including phenoxy) is 4. The summed E-state index contributed by atoms with van der Waals surface area (Å²) in [4.78, 5) is 70.8. The quantitative estimate of drug-likeness (QED) is 0.132. The highest BCUT2D eigenvalue weighted by atomic mass is 32.1. The van der Waals surface area contributed by atoms with Crippen LogP contribution in [0.15, 0.2) is 22.5 Å². The highest BCUT2D eigenvalue weighted by Crippen LogP contribution is 2.75. The molecule has 3 unspecified atom stereocenters. The molecule has 4 saturated carbocycles. The summed E-state index contributed by atoms with van der Waals surface area (Å²) in [6.45, 7) is 15.0. The molecular weight excluding hydrogens is 883 g/mol. The van der Waals surface area contributed by atoms with Crippen LogP contribution in [-0.2, 0) is 38.1 Å². The number of allylic oxidation sites excluding steroid dienone is 2. The second-order valence-electron chi connectivity index (χ2n) is 22.3. The van der Waals surface area contributed by atoms with E-state index in [1.54, 1.807) is 0 Å². The van der Waals surface area contributed by atoms with Gasteiger partial charge in [-0.2, -0.15) is 0 Å². The molecule has 2 aliphatic heterocycles. The van der Waals surface area contributed by atoms with Gasteiger partial charge in [-0.05, 0) is 115 Å². The molecule has 1 amide bonds. The van der Waals surface area contributed by atoms with E-state index in [4.69, 9.17) is 31.2 Å². The van der Waals surface area contributed by atoms with Gasteiger partial charge in [0.1, 0.15) is 42.4 Å². The van der Waals surface area contributed by atoms with Crippen LogP contribution >= 0.6 is 12.2 Å². The van der Waals surface area contributed by atoms with Crippen LogP contribution in [0.4, 0.5) is 5.82 Å². The average molecular weight is 948 g/mol. The molecule has 8 rings (SSSR count). The Labute approximate surface area is 386 Å². The molecule has 0 spiro atoms. The zero-order chi connectivity index (χ0) is 48.4. The third kappa shape index (κ3) is 7.56. The lowest BCUT2D eigenvalue weighted by atomic mass is 9.33. The first kappa shape index (κ1) is 49.0. The van der Waals surface area contributed by atoms with Crippen molar-refractivity contribution < 1.29 is 73.9 Å². The zero-order valence-electron chi connectivity index (χ0n) is 38.3. The number of hydrogen-bond acceptors (Lipinski definition) is 15. The van der Waals surface area contributed by atoms with Crippen molar-refractivity contribution in [2.24, 2.45) is 50.2 Å². The molecule has 5 aliphatic carbocycles. The number of aliphatic hydroxyl groups is 5. The molecule has 3 heterocycles. The summed E-state index contributed by atoms with van der Waals surface area (Å²) in [5, 5.41) is 76.1. The van der Waals surface area contributed by atoms with Gasteiger partial charge in [-0.25, -0.2) is 9.59 Å². The SMILES string of the molecule is CC1(C)C2CC[C@]3(C)C(C(=O)C=C4C5C[C@@](C)(C(=O)Nc6cc(=O)[nH]c(=S)[nH]6)CC[C@]5(C)CC[C@]43C)[C@@]2(C)CC[C@@H]1O[C@@H]1O[C@H](C(=O)O)[C@@H](O)[C@H](O)[C@H]1O[C@@H]1O[C@H](C(=O)O)[C@@H](O)[C@H](O)[C@H]1O. The molecule has 19 atom stereocenters. The maximum Gasteiger partial charge on any atom is 0.335 e. The minimum Gasteiger partial charge on any atom is -0.479 e. The Morgan fingerprint density at radius 2 is 1.38 bits per heavy atom. The van der Waals surface area contributed by atoms with E-state index in [2.05, 4.69) is 43.0 Å². The standard InChI is InChI=1S/C46H65N3O16S/c1-41(2)22-8-11-46(7)34(21(50)16-19-20-18-43(4,13-12-42(20,3)14-15-45(19,46)6)39(61)47-24-17-25(51)49-40(66)48-24)44(22,5)10-9-23(41)62-38-33(29(55)28(54)32(64-38)36(59)60)65-37-30(56)26(52)27(53)31(63-37)35(57)58/h16-17,20,22-23,26-34,37-38,52-56H,8-15,18H2,1-7H3,(H,57,58)(H,59,60)(H3,47,48,49,51,61,66)/t20?,22?,23-,26-,27-,28-,29-,30+,31-,32-,33+,34?,37-,38+,42+,43-,44-,45+,46+/m0/s1. The lowest BCUT2D eigenvalue weighted by Crippen LogP contribution is -2.68. The largest absolute Gasteiger partial charge is 0.479 e. The summed E-state index contributed by atoms with van der Waals surface area (Å²) >= 11 is 5.13. The van der Waals surface area contributed by atoms with Crippen LogP contribution in [0.3, 0.4) is 0 Å². The average Bonchev–Trinajstić information content (AvgIpc) is 3.22. The van der Waals surface area contributed by atoms with E-state index in [0.717, 1.165) is 24.8 Å². The Kier molecular flexibility index (Phi) is 12.3. The first-order valence-electron chi connectivity index (χ1n) is 23.0. The lowest BCUT2D eigenvalue weighted by molar-refractivity contribution is -0.371. The fraction of sp³-hybridized carbons (Fsp3) is 0.783. The molecule has 10 N–H and O–H groups in total. The molecule has 1 aromatic heterocycles. The van der Waals surface area contributed by atoms with Gasteiger partial charge in [0.25, 0.3) is 5.56 Å². The smallest absolute Gasteiger partial charge is 0.335 e.